The van der Waals surface area contributed by atoms with Gasteiger partial charge >= 0.3 is 0 Å². The molecule has 0 radical (unpaired) electrons. The number of furan rings is 1. The third kappa shape index (κ3) is 5.38. The lowest BCUT2D eigenvalue weighted by atomic mass is 10.1. The number of amides is 2. The van der Waals surface area contributed by atoms with Crippen LogP contribution < -0.4 is 5.32 Å². The molecule has 0 spiro atoms. The highest BCUT2D eigenvalue weighted by molar-refractivity contribution is 6.05. The molecule has 2 aromatic carbocycles. The third-order valence-corrected chi connectivity index (χ3v) is 5.35. The summed E-state index contributed by atoms with van der Waals surface area (Å²) in [6.07, 6.45) is 1.46. The van der Waals surface area contributed by atoms with Crippen LogP contribution in [0.15, 0.2) is 70.8 Å². The Morgan fingerprint density at radius 1 is 1.06 bits per heavy atom. The van der Waals surface area contributed by atoms with Crippen LogP contribution in [-0.2, 0) is 9.53 Å². The molecule has 1 aliphatic heterocycles. The van der Waals surface area contributed by atoms with E-state index in [1.807, 2.05) is 19.1 Å². The van der Waals surface area contributed by atoms with E-state index in [4.69, 9.17) is 9.15 Å². The van der Waals surface area contributed by atoms with Crippen molar-refractivity contribution in [3.05, 3.63) is 93.4 Å². The molecule has 1 fully saturated rings. The Kier molecular flexibility index (Phi) is 6.84. The van der Waals surface area contributed by atoms with Gasteiger partial charge in [-0.1, -0.05) is 29.8 Å². The first-order valence-corrected chi connectivity index (χ1v) is 10.7. The van der Waals surface area contributed by atoms with Gasteiger partial charge in [0.1, 0.15) is 17.2 Å². The van der Waals surface area contributed by atoms with E-state index >= 15 is 0 Å². The van der Waals surface area contributed by atoms with Crippen molar-refractivity contribution in [3.63, 3.8) is 0 Å². The molecule has 1 N–H and O–H groups in total. The largest absolute Gasteiger partial charge is 0.457 e. The second kappa shape index (κ2) is 10.1. The topological polar surface area (TPSA) is 115 Å². The van der Waals surface area contributed by atoms with Gasteiger partial charge in [-0.2, -0.15) is 0 Å². The first kappa shape index (κ1) is 22.9. The highest BCUT2D eigenvalue weighted by Gasteiger charge is 2.23. The van der Waals surface area contributed by atoms with E-state index in [1.165, 1.54) is 18.2 Å². The molecule has 1 aliphatic rings. The minimum Gasteiger partial charge on any atom is -0.457 e. The monoisotopic (exact) mass is 461 g/mol. The van der Waals surface area contributed by atoms with E-state index in [1.54, 1.807) is 41.3 Å². The van der Waals surface area contributed by atoms with E-state index in [9.17, 15) is 19.7 Å². The number of nitrogens with zero attached hydrogens (tertiary/aromatic N) is 2. The van der Waals surface area contributed by atoms with Crippen LogP contribution in [0.1, 0.15) is 21.7 Å². The van der Waals surface area contributed by atoms with E-state index < -0.39 is 10.8 Å². The van der Waals surface area contributed by atoms with Crippen molar-refractivity contribution in [1.29, 1.82) is 0 Å². The number of nitro groups is 1. The average Bonchev–Trinajstić information content (AvgIpc) is 3.33. The van der Waals surface area contributed by atoms with Gasteiger partial charge in [0.2, 0.25) is 0 Å². The molecule has 4 rings (SSSR count). The number of carbonyl (C=O) groups excluding carboxylic acids is 2. The molecule has 0 bridgehead atoms. The van der Waals surface area contributed by atoms with Crippen LogP contribution in [0.25, 0.3) is 17.4 Å². The fraction of sp³-hybridized carbons (Fsp3) is 0.200. The summed E-state index contributed by atoms with van der Waals surface area (Å²) in [5.74, 6) is -0.0457. The number of carbonyl (C=O) groups is 2. The summed E-state index contributed by atoms with van der Waals surface area (Å²) in [5, 5.41) is 13.8. The maximum absolute atomic E-state index is 13.2. The molecule has 174 valence electrons. The number of morpholine rings is 1. The van der Waals surface area contributed by atoms with Crippen LogP contribution >= 0.6 is 0 Å². The van der Waals surface area contributed by atoms with Gasteiger partial charge in [-0.3, -0.25) is 19.7 Å². The zero-order valence-electron chi connectivity index (χ0n) is 18.5. The molecule has 1 saturated heterocycles. The standard InChI is InChI=1S/C25H23N3O6/c1-17-5-7-18(8-6-17)24(29)26-22(25(30)27-11-13-33-14-12-27)16-21-9-10-23(34-21)19-3-2-4-20(15-19)28(31)32/h2-10,15-16H,11-14H2,1H3,(H,26,29)/b22-16-. The second-order valence-electron chi connectivity index (χ2n) is 7.79. The molecule has 1 aromatic heterocycles. The molecule has 2 heterocycles. The Morgan fingerprint density at radius 2 is 1.79 bits per heavy atom. The Bertz CT molecular complexity index is 1240. The Morgan fingerprint density at radius 3 is 2.50 bits per heavy atom. The van der Waals surface area contributed by atoms with Crippen molar-refractivity contribution in [1.82, 2.24) is 10.2 Å². The van der Waals surface area contributed by atoms with Crippen molar-refractivity contribution < 1.29 is 23.7 Å². The van der Waals surface area contributed by atoms with Crippen LogP contribution in [0, 0.1) is 17.0 Å². The number of nitrogens with one attached hydrogen (secondary N) is 1. The van der Waals surface area contributed by atoms with Gasteiger partial charge in [0.15, 0.2) is 0 Å². The molecule has 0 unspecified atom stereocenters. The quantitative estimate of drug-likeness (QED) is 0.339. The molecule has 2 amide bonds. The molecule has 34 heavy (non-hydrogen) atoms. The third-order valence-electron chi connectivity index (χ3n) is 5.35. The SMILES string of the molecule is Cc1ccc(C(=O)N/C(=C\c2ccc(-c3cccc([N+](=O)[O-])c3)o2)C(=O)N2CCOCC2)cc1. The zero-order chi connectivity index (χ0) is 24.1. The van der Waals surface area contributed by atoms with Crippen molar-refractivity contribution >= 4 is 23.6 Å². The number of non-ortho nitro benzene ring substituents is 1. The molecule has 9 heteroatoms. The summed E-state index contributed by atoms with van der Waals surface area (Å²) >= 11 is 0. The predicted octanol–water partition coefficient (Wildman–Crippen LogP) is 3.79. The second-order valence-corrected chi connectivity index (χ2v) is 7.79. The number of benzene rings is 2. The fourth-order valence-electron chi connectivity index (χ4n) is 3.49. The molecule has 9 nitrogen and oxygen atoms in total. The van der Waals surface area contributed by atoms with Gasteiger partial charge in [-0.05, 0) is 31.2 Å². The van der Waals surface area contributed by atoms with Crippen LogP contribution in [0.5, 0.6) is 0 Å². The van der Waals surface area contributed by atoms with Crippen LogP contribution in [0.4, 0.5) is 5.69 Å². The lowest BCUT2D eigenvalue weighted by Crippen LogP contribution is -2.44. The normalized spacial score (nSPS) is 14.0. The lowest BCUT2D eigenvalue weighted by molar-refractivity contribution is -0.384. The van der Waals surface area contributed by atoms with Crippen molar-refractivity contribution in [2.75, 3.05) is 26.3 Å². The Balaban J connectivity index is 1.63. The first-order valence-electron chi connectivity index (χ1n) is 10.7. The van der Waals surface area contributed by atoms with Crippen molar-refractivity contribution in [2.24, 2.45) is 0 Å². The van der Waals surface area contributed by atoms with E-state index in [0.29, 0.717) is 49.0 Å². The molecular formula is C25H23N3O6. The maximum atomic E-state index is 13.2. The summed E-state index contributed by atoms with van der Waals surface area (Å²) in [4.78, 5) is 38.2. The Labute approximate surface area is 195 Å². The Hall–Kier alpha value is -4.24. The van der Waals surface area contributed by atoms with E-state index in [0.717, 1.165) is 5.56 Å². The van der Waals surface area contributed by atoms with E-state index in [-0.39, 0.29) is 17.3 Å². The number of aryl methyl sites for hydroxylation is 1. The summed E-state index contributed by atoms with van der Waals surface area (Å²) in [7, 11) is 0. The van der Waals surface area contributed by atoms with Crippen LogP contribution in [-0.4, -0.2) is 47.9 Å². The summed E-state index contributed by atoms with van der Waals surface area (Å²) in [6, 6.07) is 16.4. The number of rotatable bonds is 6. The maximum Gasteiger partial charge on any atom is 0.270 e. The smallest absolute Gasteiger partial charge is 0.270 e. The van der Waals surface area contributed by atoms with Gasteiger partial charge in [0.25, 0.3) is 17.5 Å². The number of ether oxygens (including phenoxy) is 1. The fourth-order valence-corrected chi connectivity index (χ4v) is 3.49. The molecule has 3 aromatic rings. The van der Waals surface area contributed by atoms with Crippen LogP contribution in [0.2, 0.25) is 0 Å². The van der Waals surface area contributed by atoms with Gasteiger partial charge in [0, 0.05) is 42.4 Å². The minimum atomic E-state index is -0.479. The van der Waals surface area contributed by atoms with E-state index in [2.05, 4.69) is 5.32 Å². The highest BCUT2D eigenvalue weighted by Crippen LogP contribution is 2.26. The van der Waals surface area contributed by atoms with Crippen LogP contribution in [0.3, 0.4) is 0 Å². The summed E-state index contributed by atoms with van der Waals surface area (Å²) < 4.78 is 11.2. The summed E-state index contributed by atoms with van der Waals surface area (Å²) in [5.41, 5.74) is 1.97. The van der Waals surface area contributed by atoms with Gasteiger partial charge in [0.05, 0.1) is 18.1 Å². The van der Waals surface area contributed by atoms with Gasteiger partial charge < -0.3 is 19.4 Å². The minimum absolute atomic E-state index is 0.0560. The molecular weight excluding hydrogens is 438 g/mol. The van der Waals surface area contributed by atoms with Gasteiger partial charge in [-0.25, -0.2) is 0 Å². The predicted molar refractivity (Wildman–Crippen MR) is 125 cm³/mol. The average molecular weight is 461 g/mol. The zero-order valence-corrected chi connectivity index (χ0v) is 18.5. The highest BCUT2D eigenvalue weighted by atomic mass is 16.6. The van der Waals surface area contributed by atoms with Gasteiger partial charge in [-0.15, -0.1) is 0 Å². The number of hydrogen-bond donors (Lipinski definition) is 1. The molecule has 0 saturated carbocycles. The summed E-state index contributed by atoms with van der Waals surface area (Å²) in [6.45, 7) is 3.58. The molecule has 0 aliphatic carbocycles. The first-order chi connectivity index (χ1) is 16.4. The van der Waals surface area contributed by atoms with Crippen molar-refractivity contribution in [3.8, 4) is 11.3 Å². The lowest BCUT2D eigenvalue weighted by Gasteiger charge is -2.27. The molecule has 0 atom stereocenters. The number of nitro benzene ring substituents is 1. The number of hydrogen-bond acceptors (Lipinski definition) is 6. The van der Waals surface area contributed by atoms with Crippen molar-refractivity contribution in [2.45, 2.75) is 6.92 Å².